The lowest BCUT2D eigenvalue weighted by molar-refractivity contribution is -0.167. The molecule has 0 aromatic carbocycles. The third kappa shape index (κ3) is 48.7. The predicted octanol–water partition coefficient (Wildman–Crippen LogP) is 16.5. The van der Waals surface area contributed by atoms with E-state index in [-0.39, 0.29) is 37.5 Å². The van der Waals surface area contributed by atoms with Crippen LogP contribution in [0.2, 0.25) is 0 Å². The SMILES string of the molecule is CC/C=C\C/C=C\C/C=C\C/C=C\C/C=C\CCCCCC(=O)OCC(COC(=O)CCCCCCCCCCC)OC(=O)CCC/C=C\C/C=C\C/C=C\C/C=C\C/C=C\CC. The maximum Gasteiger partial charge on any atom is 0.306 e. The van der Waals surface area contributed by atoms with Gasteiger partial charge in [-0.2, -0.15) is 0 Å². The van der Waals surface area contributed by atoms with Crippen LogP contribution in [0.4, 0.5) is 0 Å². The quantitative estimate of drug-likeness (QED) is 0.0263. The average molecular weight is 871 g/mol. The van der Waals surface area contributed by atoms with Gasteiger partial charge in [0, 0.05) is 19.3 Å². The number of unbranched alkanes of at least 4 members (excludes halogenated alkanes) is 12. The Balaban J connectivity index is 4.51. The van der Waals surface area contributed by atoms with E-state index in [1.165, 1.54) is 38.5 Å². The lowest BCUT2D eigenvalue weighted by Crippen LogP contribution is -2.30. The summed E-state index contributed by atoms with van der Waals surface area (Å²) in [4.78, 5) is 37.8. The Labute approximate surface area is 386 Å². The average Bonchev–Trinajstić information content (AvgIpc) is 3.28. The molecule has 0 spiro atoms. The molecular formula is C57H90O6. The van der Waals surface area contributed by atoms with E-state index in [0.717, 1.165) is 116 Å². The fourth-order valence-corrected chi connectivity index (χ4v) is 6.27. The molecule has 354 valence electrons. The van der Waals surface area contributed by atoms with Crippen LogP contribution in [0.15, 0.2) is 122 Å². The summed E-state index contributed by atoms with van der Waals surface area (Å²) in [6.45, 7) is 6.29. The minimum Gasteiger partial charge on any atom is -0.462 e. The second-order valence-corrected chi connectivity index (χ2v) is 16.0. The first kappa shape index (κ1) is 58.8. The Kier molecular flexibility index (Phi) is 47.1. The molecule has 0 fully saturated rings. The van der Waals surface area contributed by atoms with Gasteiger partial charge in [-0.3, -0.25) is 14.4 Å². The van der Waals surface area contributed by atoms with Gasteiger partial charge in [-0.1, -0.05) is 200 Å². The normalized spacial score (nSPS) is 13.1. The topological polar surface area (TPSA) is 78.9 Å². The molecule has 0 aromatic rings. The van der Waals surface area contributed by atoms with Crippen LogP contribution in [-0.4, -0.2) is 37.2 Å². The molecule has 6 heteroatoms. The van der Waals surface area contributed by atoms with E-state index >= 15 is 0 Å². The number of carbonyl (C=O) groups excluding carboxylic acids is 3. The largest absolute Gasteiger partial charge is 0.462 e. The van der Waals surface area contributed by atoms with Crippen LogP contribution in [0, 0.1) is 0 Å². The van der Waals surface area contributed by atoms with Crippen LogP contribution in [0.3, 0.4) is 0 Å². The van der Waals surface area contributed by atoms with Crippen LogP contribution in [-0.2, 0) is 28.6 Å². The van der Waals surface area contributed by atoms with Gasteiger partial charge in [-0.25, -0.2) is 0 Å². The predicted molar refractivity (Wildman–Crippen MR) is 269 cm³/mol. The first-order chi connectivity index (χ1) is 31.0. The number of carbonyl (C=O) groups is 3. The van der Waals surface area contributed by atoms with Gasteiger partial charge in [0.05, 0.1) is 0 Å². The van der Waals surface area contributed by atoms with Gasteiger partial charge in [0.2, 0.25) is 0 Å². The van der Waals surface area contributed by atoms with Gasteiger partial charge in [0.25, 0.3) is 0 Å². The fraction of sp³-hybridized carbons (Fsp3) is 0.596. The third-order valence-corrected chi connectivity index (χ3v) is 9.96. The lowest BCUT2D eigenvalue weighted by atomic mass is 10.1. The second-order valence-electron chi connectivity index (χ2n) is 16.0. The summed E-state index contributed by atoms with van der Waals surface area (Å²) < 4.78 is 16.7. The number of hydrogen-bond acceptors (Lipinski definition) is 6. The van der Waals surface area contributed by atoms with Gasteiger partial charge in [0.1, 0.15) is 13.2 Å². The molecule has 6 nitrogen and oxygen atoms in total. The number of hydrogen-bond donors (Lipinski definition) is 0. The molecule has 0 amide bonds. The molecule has 0 aliphatic rings. The van der Waals surface area contributed by atoms with Crippen molar-refractivity contribution >= 4 is 17.9 Å². The zero-order valence-electron chi connectivity index (χ0n) is 40.3. The smallest absolute Gasteiger partial charge is 0.306 e. The molecule has 0 aromatic heterocycles. The van der Waals surface area contributed by atoms with Crippen molar-refractivity contribution in [2.24, 2.45) is 0 Å². The number of rotatable bonds is 43. The second kappa shape index (κ2) is 50.5. The van der Waals surface area contributed by atoms with E-state index in [4.69, 9.17) is 14.2 Å². The monoisotopic (exact) mass is 871 g/mol. The summed E-state index contributed by atoms with van der Waals surface area (Å²) in [6.07, 6.45) is 69.0. The Morgan fingerprint density at radius 1 is 0.333 bits per heavy atom. The summed E-state index contributed by atoms with van der Waals surface area (Å²) in [5, 5.41) is 0. The van der Waals surface area contributed by atoms with E-state index in [2.05, 4.69) is 142 Å². The number of esters is 3. The molecule has 0 bridgehead atoms. The summed E-state index contributed by atoms with van der Waals surface area (Å²) in [5.41, 5.74) is 0. The molecule has 0 saturated carbocycles. The van der Waals surface area contributed by atoms with Crippen molar-refractivity contribution in [3.63, 3.8) is 0 Å². The molecule has 0 aliphatic carbocycles. The van der Waals surface area contributed by atoms with Crippen LogP contribution in [0.5, 0.6) is 0 Å². The number of ether oxygens (including phenoxy) is 3. The van der Waals surface area contributed by atoms with Gasteiger partial charge >= 0.3 is 17.9 Å². The first-order valence-corrected chi connectivity index (χ1v) is 25.0. The highest BCUT2D eigenvalue weighted by atomic mass is 16.6. The third-order valence-electron chi connectivity index (χ3n) is 9.96. The van der Waals surface area contributed by atoms with Gasteiger partial charge < -0.3 is 14.2 Å². The van der Waals surface area contributed by atoms with Crippen molar-refractivity contribution in [2.75, 3.05) is 13.2 Å². The van der Waals surface area contributed by atoms with Crippen molar-refractivity contribution in [1.29, 1.82) is 0 Å². The van der Waals surface area contributed by atoms with Crippen LogP contribution in [0.1, 0.15) is 201 Å². The molecule has 0 heterocycles. The van der Waals surface area contributed by atoms with E-state index in [1.54, 1.807) is 0 Å². The van der Waals surface area contributed by atoms with Crippen molar-refractivity contribution in [2.45, 2.75) is 207 Å². The summed E-state index contributed by atoms with van der Waals surface area (Å²) in [6, 6.07) is 0. The maximum absolute atomic E-state index is 12.8. The highest BCUT2D eigenvalue weighted by Crippen LogP contribution is 2.12. The van der Waals surface area contributed by atoms with Crippen molar-refractivity contribution in [1.82, 2.24) is 0 Å². The molecule has 0 N–H and O–H groups in total. The van der Waals surface area contributed by atoms with Crippen molar-refractivity contribution in [3.8, 4) is 0 Å². The molecule has 1 unspecified atom stereocenters. The zero-order chi connectivity index (χ0) is 45.8. The molecule has 0 saturated heterocycles. The van der Waals surface area contributed by atoms with Gasteiger partial charge in [-0.15, -0.1) is 0 Å². The van der Waals surface area contributed by atoms with Crippen LogP contribution < -0.4 is 0 Å². The minimum absolute atomic E-state index is 0.114. The minimum atomic E-state index is -0.822. The standard InChI is InChI=1S/C57H90O6/c1-4-7-10-13-16-19-21-23-25-27-28-30-31-33-35-38-41-44-47-50-56(59)62-53-54(52-61-55(58)49-46-43-40-37-18-15-12-9-6-3)63-57(60)51-48-45-42-39-36-34-32-29-26-24-22-20-17-14-11-8-5-2/h7-8,10-11,16-17,19-20,23-26,28,30,32-35,39,42,54H,4-6,9,12-15,18,21-22,27,29,31,36-38,40-41,43-53H2,1-3H3/b10-7-,11-8-,19-16-,20-17-,25-23-,26-24-,30-28-,34-32-,35-33-,42-39-. The zero-order valence-corrected chi connectivity index (χ0v) is 40.3. The van der Waals surface area contributed by atoms with Crippen molar-refractivity contribution < 1.29 is 28.6 Å². The van der Waals surface area contributed by atoms with E-state index in [0.29, 0.717) is 19.3 Å². The fourth-order valence-electron chi connectivity index (χ4n) is 6.27. The Morgan fingerprint density at radius 3 is 1.02 bits per heavy atom. The highest BCUT2D eigenvalue weighted by molar-refractivity contribution is 5.71. The molecule has 63 heavy (non-hydrogen) atoms. The van der Waals surface area contributed by atoms with Gasteiger partial charge in [-0.05, 0) is 103 Å². The van der Waals surface area contributed by atoms with E-state index in [1.807, 2.05) is 0 Å². The van der Waals surface area contributed by atoms with E-state index < -0.39 is 6.10 Å². The molecular weight excluding hydrogens is 781 g/mol. The maximum atomic E-state index is 12.8. The lowest BCUT2D eigenvalue weighted by Gasteiger charge is -2.18. The van der Waals surface area contributed by atoms with Crippen LogP contribution >= 0.6 is 0 Å². The Morgan fingerprint density at radius 2 is 0.635 bits per heavy atom. The van der Waals surface area contributed by atoms with Gasteiger partial charge in [0.15, 0.2) is 6.10 Å². The number of allylic oxidation sites excluding steroid dienone is 20. The van der Waals surface area contributed by atoms with E-state index in [9.17, 15) is 14.4 Å². The Bertz CT molecular complexity index is 1370. The highest BCUT2D eigenvalue weighted by Gasteiger charge is 2.19. The molecule has 0 rings (SSSR count). The summed E-state index contributed by atoms with van der Waals surface area (Å²) in [7, 11) is 0. The molecule has 0 aliphatic heterocycles. The summed E-state index contributed by atoms with van der Waals surface area (Å²) >= 11 is 0. The Hall–Kier alpha value is -4.19. The first-order valence-electron chi connectivity index (χ1n) is 25.0. The molecule has 0 radical (unpaired) electrons. The van der Waals surface area contributed by atoms with Crippen LogP contribution in [0.25, 0.3) is 0 Å². The summed E-state index contributed by atoms with van der Waals surface area (Å²) in [5.74, 6) is -1.02. The molecule has 1 atom stereocenters. The van der Waals surface area contributed by atoms with Crippen molar-refractivity contribution in [3.05, 3.63) is 122 Å².